The molecular formula is C20H24N2O4. The van der Waals surface area contributed by atoms with Gasteiger partial charge in [-0.2, -0.15) is 5.10 Å². The van der Waals surface area contributed by atoms with E-state index in [2.05, 4.69) is 24.4 Å². The van der Waals surface area contributed by atoms with E-state index >= 15 is 0 Å². The van der Waals surface area contributed by atoms with Crippen LogP contribution >= 0.6 is 0 Å². The van der Waals surface area contributed by atoms with Gasteiger partial charge in [-0.1, -0.05) is 26.0 Å². The smallest absolute Gasteiger partial charge is 0.277 e. The molecule has 0 unspecified atom stereocenters. The number of ether oxygens (including phenoxy) is 2. The van der Waals surface area contributed by atoms with Crippen molar-refractivity contribution in [2.24, 2.45) is 5.10 Å². The maximum absolute atomic E-state index is 11.9. The molecule has 0 heterocycles. The largest absolute Gasteiger partial charge is 0.504 e. The summed E-state index contributed by atoms with van der Waals surface area (Å²) in [5.74, 6) is 1.03. The Morgan fingerprint density at radius 2 is 2.00 bits per heavy atom. The van der Waals surface area contributed by atoms with Crippen molar-refractivity contribution in [3.63, 3.8) is 0 Å². The van der Waals surface area contributed by atoms with E-state index in [9.17, 15) is 9.90 Å². The number of hydrogen-bond donors (Lipinski definition) is 2. The fraction of sp³-hybridized carbons (Fsp3) is 0.300. The number of benzene rings is 2. The molecule has 0 aliphatic heterocycles. The zero-order chi connectivity index (χ0) is 19.1. The lowest BCUT2D eigenvalue weighted by Crippen LogP contribution is -2.25. The molecule has 0 bridgehead atoms. The van der Waals surface area contributed by atoms with Crippen LogP contribution < -0.4 is 14.9 Å². The lowest BCUT2D eigenvalue weighted by Gasteiger charge is -2.14. The summed E-state index contributed by atoms with van der Waals surface area (Å²) in [6.45, 7) is 6.01. The van der Waals surface area contributed by atoms with E-state index in [4.69, 9.17) is 9.47 Å². The van der Waals surface area contributed by atoms with Gasteiger partial charge in [0.15, 0.2) is 18.1 Å². The number of hydrazone groups is 1. The van der Waals surface area contributed by atoms with Crippen LogP contribution in [0.3, 0.4) is 0 Å². The first-order chi connectivity index (χ1) is 12.4. The SMILES string of the molecule is COc1cc(/C=N/NC(=O)COc2cc(C)ccc2C(C)C)ccc1O. The predicted octanol–water partition coefficient (Wildman–Crippen LogP) is 3.36. The summed E-state index contributed by atoms with van der Waals surface area (Å²) in [7, 11) is 1.46. The van der Waals surface area contributed by atoms with Crippen molar-refractivity contribution in [1.29, 1.82) is 0 Å². The topological polar surface area (TPSA) is 80.2 Å². The van der Waals surface area contributed by atoms with Crippen LogP contribution in [0, 0.1) is 6.92 Å². The van der Waals surface area contributed by atoms with Crippen molar-refractivity contribution in [2.45, 2.75) is 26.7 Å². The van der Waals surface area contributed by atoms with Crippen molar-refractivity contribution in [3.8, 4) is 17.2 Å². The van der Waals surface area contributed by atoms with Crippen LogP contribution in [-0.2, 0) is 4.79 Å². The third-order valence-corrected chi connectivity index (χ3v) is 3.76. The van der Waals surface area contributed by atoms with Gasteiger partial charge in [-0.25, -0.2) is 5.43 Å². The summed E-state index contributed by atoms with van der Waals surface area (Å²) in [6.07, 6.45) is 1.46. The second kappa shape index (κ2) is 8.89. The van der Waals surface area contributed by atoms with E-state index in [1.54, 1.807) is 12.1 Å². The number of methoxy groups -OCH3 is 1. The minimum atomic E-state index is -0.358. The van der Waals surface area contributed by atoms with Gasteiger partial charge in [-0.15, -0.1) is 0 Å². The van der Waals surface area contributed by atoms with Crippen molar-refractivity contribution < 1.29 is 19.4 Å². The van der Waals surface area contributed by atoms with Crippen LogP contribution in [0.25, 0.3) is 0 Å². The van der Waals surface area contributed by atoms with E-state index in [-0.39, 0.29) is 18.3 Å². The van der Waals surface area contributed by atoms with Gasteiger partial charge in [-0.3, -0.25) is 4.79 Å². The summed E-state index contributed by atoms with van der Waals surface area (Å²) >= 11 is 0. The first-order valence-corrected chi connectivity index (χ1v) is 8.33. The molecular weight excluding hydrogens is 332 g/mol. The van der Waals surface area contributed by atoms with Gasteiger partial charge in [0.25, 0.3) is 5.91 Å². The van der Waals surface area contributed by atoms with E-state index in [0.29, 0.717) is 23.0 Å². The first-order valence-electron chi connectivity index (χ1n) is 8.33. The normalized spacial score (nSPS) is 11.0. The number of nitrogens with one attached hydrogen (secondary N) is 1. The molecule has 2 N–H and O–H groups in total. The number of amides is 1. The molecule has 2 aromatic rings. The van der Waals surface area contributed by atoms with Gasteiger partial charge in [0.1, 0.15) is 5.75 Å². The fourth-order valence-corrected chi connectivity index (χ4v) is 2.37. The number of phenolic OH excluding ortho intramolecular Hbond substituents is 1. The number of aryl methyl sites for hydroxylation is 1. The predicted molar refractivity (Wildman–Crippen MR) is 101 cm³/mol. The number of hydrogen-bond acceptors (Lipinski definition) is 5. The fourth-order valence-electron chi connectivity index (χ4n) is 2.37. The Bertz CT molecular complexity index is 800. The maximum atomic E-state index is 11.9. The molecule has 1 amide bonds. The molecule has 0 fully saturated rings. The average Bonchev–Trinajstić information content (AvgIpc) is 2.61. The van der Waals surface area contributed by atoms with Crippen molar-refractivity contribution >= 4 is 12.1 Å². The van der Waals surface area contributed by atoms with Crippen LogP contribution in [0.5, 0.6) is 17.2 Å². The van der Waals surface area contributed by atoms with Crippen LogP contribution in [-0.4, -0.2) is 30.9 Å². The number of nitrogens with zero attached hydrogens (tertiary/aromatic N) is 1. The van der Waals surface area contributed by atoms with E-state index in [0.717, 1.165) is 11.1 Å². The molecule has 138 valence electrons. The van der Waals surface area contributed by atoms with Crippen LogP contribution in [0.4, 0.5) is 0 Å². The third kappa shape index (κ3) is 5.24. The van der Waals surface area contributed by atoms with Crippen molar-refractivity contribution in [2.75, 3.05) is 13.7 Å². The van der Waals surface area contributed by atoms with Gasteiger partial charge in [0, 0.05) is 0 Å². The van der Waals surface area contributed by atoms with E-state index < -0.39 is 0 Å². The number of phenols is 1. The number of carbonyl (C=O) groups is 1. The minimum Gasteiger partial charge on any atom is -0.504 e. The summed E-state index contributed by atoms with van der Waals surface area (Å²) in [4.78, 5) is 11.9. The summed E-state index contributed by atoms with van der Waals surface area (Å²) in [6, 6.07) is 10.7. The molecule has 0 saturated carbocycles. The number of carbonyl (C=O) groups excluding carboxylic acids is 1. The van der Waals surface area contributed by atoms with Gasteiger partial charge >= 0.3 is 0 Å². The molecule has 0 atom stereocenters. The first kappa shape index (κ1) is 19.3. The molecule has 0 radical (unpaired) electrons. The second-order valence-electron chi connectivity index (χ2n) is 6.21. The Labute approximate surface area is 153 Å². The molecule has 2 aromatic carbocycles. The summed E-state index contributed by atoms with van der Waals surface area (Å²) < 4.78 is 10.7. The van der Waals surface area contributed by atoms with Crippen LogP contribution in [0.15, 0.2) is 41.5 Å². The maximum Gasteiger partial charge on any atom is 0.277 e. The lowest BCUT2D eigenvalue weighted by atomic mass is 10.0. The highest BCUT2D eigenvalue weighted by Crippen LogP contribution is 2.27. The molecule has 0 saturated heterocycles. The van der Waals surface area contributed by atoms with Crippen molar-refractivity contribution in [3.05, 3.63) is 53.1 Å². The van der Waals surface area contributed by atoms with Gasteiger partial charge in [-0.05, 0) is 53.8 Å². The number of rotatable bonds is 7. The van der Waals surface area contributed by atoms with E-state index in [1.165, 1.54) is 19.4 Å². The quantitative estimate of drug-likeness (QED) is 0.589. The molecule has 0 aliphatic carbocycles. The molecule has 0 aromatic heterocycles. The molecule has 6 nitrogen and oxygen atoms in total. The van der Waals surface area contributed by atoms with E-state index in [1.807, 2.05) is 25.1 Å². The molecule has 6 heteroatoms. The molecule has 26 heavy (non-hydrogen) atoms. The van der Waals surface area contributed by atoms with Crippen molar-refractivity contribution in [1.82, 2.24) is 5.43 Å². The highest BCUT2D eigenvalue weighted by Gasteiger charge is 2.10. The third-order valence-electron chi connectivity index (χ3n) is 3.76. The van der Waals surface area contributed by atoms with Gasteiger partial charge in [0.2, 0.25) is 0 Å². The highest BCUT2D eigenvalue weighted by atomic mass is 16.5. The molecule has 0 spiro atoms. The summed E-state index contributed by atoms with van der Waals surface area (Å²) in [5, 5.41) is 13.4. The Hall–Kier alpha value is -3.02. The zero-order valence-electron chi connectivity index (χ0n) is 15.4. The lowest BCUT2D eigenvalue weighted by molar-refractivity contribution is -0.123. The summed E-state index contributed by atoms with van der Waals surface area (Å²) in [5.41, 5.74) is 5.23. The average molecular weight is 356 g/mol. The van der Waals surface area contributed by atoms with Crippen LogP contribution in [0.2, 0.25) is 0 Å². The molecule has 0 aliphatic rings. The monoisotopic (exact) mass is 356 g/mol. The highest BCUT2D eigenvalue weighted by molar-refractivity contribution is 5.83. The van der Waals surface area contributed by atoms with Crippen LogP contribution in [0.1, 0.15) is 36.5 Å². The zero-order valence-corrected chi connectivity index (χ0v) is 15.4. The second-order valence-corrected chi connectivity index (χ2v) is 6.21. The van der Waals surface area contributed by atoms with Gasteiger partial charge in [0.05, 0.1) is 13.3 Å². The Kier molecular flexibility index (Phi) is 6.60. The van der Waals surface area contributed by atoms with Gasteiger partial charge < -0.3 is 14.6 Å². The Balaban J connectivity index is 1.93. The number of aromatic hydroxyl groups is 1. The minimum absolute atomic E-state index is 0.0428. The molecule has 2 rings (SSSR count). The Morgan fingerprint density at radius 1 is 1.23 bits per heavy atom. The standard InChI is InChI=1S/C20H24N2O4/c1-13(2)16-7-5-14(3)9-18(16)26-12-20(24)22-21-11-15-6-8-17(23)19(10-15)25-4/h5-11,13,23H,12H2,1-4H3,(H,22,24)/b21-11+. The Morgan fingerprint density at radius 3 is 2.69 bits per heavy atom.